The fourth-order valence-electron chi connectivity index (χ4n) is 3.79. The molecule has 0 aromatic heterocycles. The van der Waals surface area contributed by atoms with Gasteiger partial charge in [0.25, 0.3) is 0 Å². The molecule has 2 aliphatic rings. The highest BCUT2D eigenvalue weighted by molar-refractivity contribution is 7.89. The fourth-order valence-corrected chi connectivity index (χ4v) is 5.32. The van der Waals surface area contributed by atoms with Gasteiger partial charge in [0.2, 0.25) is 10.0 Å². The van der Waals surface area contributed by atoms with Crippen molar-refractivity contribution in [3.8, 4) is 0 Å². The second-order valence-electron chi connectivity index (χ2n) is 7.57. The van der Waals surface area contributed by atoms with Crippen LogP contribution in [-0.4, -0.2) is 59.9 Å². The SMILES string of the molecule is Cc1ccc(S(=O)(=O)N2CCC3(CC2)OCC[C@@](C)(O)[C@@H]3O)cc1C. The van der Waals surface area contributed by atoms with Gasteiger partial charge >= 0.3 is 0 Å². The number of rotatable bonds is 2. The molecule has 1 spiro atoms. The summed E-state index contributed by atoms with van der Waals surface area (Å²) in [6, 6.07) is 5.16. The van der Waals surface area contributed by atoms with E-state index in [9.17, 15) is 18.6 Å². The predicted octanol–water partition coefficient (Wildman–Crippen LogP) is 1.36. The van der Waals surface area contributed by atoms with Gasteiger partial charge in [-0.2, -0.15) is 4.31 Å². The van der Waals surface area contributed by atoms with Crippen LogP contribution in [0.4, 0.5) is 0 Å². The van der Waals surface area contributed by atoms with E-state index in [1.54, 1.807) is 19.1 Å². The molecule has 0 aliphatic carbocycles. The maximum atomic E-state index is 12.9. The highest BCUT2D eigenvalue weighted by Crippen LogP contribution is 2.40. The topological polar surface area (TPSA) is 87.1 Å². The van der Waals surface area contributed by atoms with E-state index in [-0.39, 0.29) is 13.1 Å². The Morgan fingerprint density at radius 1 is 1.16 bits per heavy atom. The molecule has 1 aromatic carbocycles. The van der Waals surface area contributed by atoms with Crippen LogP contribution in [0.5, 0.6) is 0 Å². The Bertz CT molecular complexity index is 751. The lowest BCUT2D eigenvalue weighted by molar-refractivity contribution is -0.243. The molecule has 2 heterocycles. The summed E-state index contributed by atoms with van der Waals surface area (Å²) in [6.45, 7) is 6.36. The number of hydrogen-bond acceptors (Lipinski definition) is 5. The average molecular weight is 369 g/mol. The van der Waals surface area contributed by atoms with E-state index in [0.717, 1.165) is 11.1 Å². The summed E-state index contributed by atoms with van der Waals surface area (Å²) in [5, 5.41) is 20.9. The molecule has 0 amide bonds. The number of aliphatic hydroxyl groups is 2. The third-order valence-electron chi connectivity index (χ3n) is 5.77. The number of nitrogens with zero attached hydrogens (tertiary/aromatic N) is 1. The summed E-state index contributed by atoms with van der Waals surface area (Å²) in [7, 11) is -3.57. The van der Waals surface area contributed by atoms with Crippen LogP contribution in [0.15, 0.2) is 23.1 Å². The van der Waals surface area contributed by atoms with Crippen molar-refractivity contribution in [1.29, 1.82) is 0 Å². The molecule has 3 rings (SSSR count). The van der Waals surface area contributed by atoms with Crippen LogP contribution < -0.4 is 0 Å². The van der Waals surface area contributed by atoms with Gasteiger partial charge < -0.3 is 14.9 Å². The van der Waals surface area contributed by atoms with Gasteiger partial charge in [-0.1, -0.05) is 6.07 Å². The van der Waals surface area contributed by atoms with E-state index < -0.39 is 27.3 Å². The molecule has 0 saturated carbocycles. The Labute approximate surface area is 149 Å². The molecule has 6 nitrogen and oxygen atoms in total. The third kappa shape index (κ3) is 3.24. The number of aryl methyl sites for hydroxylation is 2. The minimum absolute atomic E-state index is 0.266. The lowest BCUT2D eigenvalue weighted by Gasteiger charge is -2.51. The van der Waals surface area contributed by atoms with E-state index in [1.165, 1.54) is 4.31 Å². The molecular formula is C18H27NO5S. The van der Waals surface area contributed by atoms with Crippen LogP contribution >= 0.6 is 0 Å². The predicted molar refractivity (Wildman–Crippen MR) is 93.8 cm³/mol. The number of ether oxygens (including phenoxy) is 1. The molecule has 140 valence electrons. The molecule has 0 bridgehead atoms. The number of sulfonamides is 1. The van der Waals surface area contributed by atoms with Gasteiger partial charge in [-0.3, -0.25) is 0 Å². The molecule has 2 atom stereocenters. The van der Waals surface area contributed by atoms with E-state index in [1.807, 2.05) is 19.9 Å². The second kappa shape index (κ2) is 6.32. The molecule has 0 radical (unpaired) electrons. The molecule has 2 N–H and O–H groups in total. The van der Waals surface area contributed by atoms with Gasteiger partial charge in [-0.25, -0.2) is 8.42 Å². The number of hydrogen-bond donors (Lipinski definition) is 2. The van der Waals surface area contributed by atoms with Crippen LogP contribution in [0.2, 0.25) is 0 Å². The first-order valence-corrected chi connectivity index (χ1v) is 10.1. The molecular weight excluding hydrogens is 342 g/mol. The van der Waals surface area contributed by atoms with Gasteiger partial charge in [-0.15, -0.1) is 0 Å². The summed E-state index contributed by atoms with van der Waals surface area (Å²) >= 11 is 0. The van der Waals surface area contributed by atoms with Gasteiger partial charge in [0.15, 0.2) is 0 Å². The number of aliphatic hydroxyl groups excluding tert-OH is 1. The molecule has 1 aromatic rings. The first kappa shape index (κ1) is 18.8. The average Bonchev–Trinajstić information content (AvgIpc) is 2.55. The molecule has 7 heteroatoms. The normalized spacial score (nSPS) is 30.5. The Morgan fingerprint density at radius 3 is 2.40 bits per heavy atom. The second-order valence-corrected chi connectivity index (χ2v) is 9.51. The van der Waals surface area contributed by atoms with Crippen molar-refractivity contribution < 1.29 is 23.4 Å². The van der Waals surface area contributed by atoms with Crippen LogP contribution in [0.3, 0.4) is 0 Å². The maximum absolute atomic E-state index is 12.9. The van der Waals surface area contributed by atoms with Gasteiger partial charge in [0, 0.05) is 19.5 Å². The zero-order valence-electron chi connectivity index (χ0n) is 15.0. The summed E-state index contributed by atoms with van der Waals surface area (Å²) in [6.07, 6.45) is 0.101. The van der Waals surface area contributed by atoms with Crippen molar-refractivity contribution in [3.05, 3.63) is 29.3 Å². The monoisotopic (exact) mass is 369 g/mol. The minimum atomic E-state index is -3.57. The Kier molecular flexibility index (Phi) is 4.75. The summed E-state index contributed by atoms with van der Waals surface area (Å²) < 4.78 is 33.1. The molecule has 25 heavy (non-hydrogen) atoms. The van der Waals surface area contributed by atoms with Crippen molar-refractivity contribution in [2.75, 3.05) is 19.7 Å². The standard InChI is InChI=1S/C18H27NO5S/c1-13-4-5-15(12-14(13)2)25(22,23)19-9-6-18(7-10-19)16(20)17(3,21)8-11-24-18/h4-5,12,16,20-21H,6-11H2,1-3H3/t16-,17+/m0/s1. The van der Waals surface area contributed by atoms with Crippen LogP contribution in [-0.2, 0) is 14.8 Å². The van der Waals surface area contributed by atoms with Crippen LogP contribution in [0, 0.1) is 13.8 Å². The van der Waals surface area contributed by atoms with Crippen molar-refractivity contribution in [1.82, 2.24) is 4.31 Å². The molecule has 2 saturated heterocycles. The van der Waals surface area contributed by atoms with E-state index >= 15 is 0 Å². The van der Waals surface area contributed by atoms with Crippen molar-refractivity contribution in [2.24, 2.45) is 0 Å². The van der Waals surface area contributed by atoms with Gasteiger partial charge in [-0.05, 0) is 56.9 Å². The number of benzene rings is 1. The minimum Gasteiger partial charge on any atom is -0.387 e. The lowest BCUT2D eigenvalue weighted by Crippen LogP contribution is -2.64. The maximum Gasteiger partial charge on any atom is 0.243 e. The fraction of sp³-hybridized carbons (Fsp3) is 0.667. The lowest BCUT2D eigenvalue weighted by atomic mass is 9.75. The zero-order valence-corrected chi connectivity index (χ0v) is 15.8. The molecule has 2 fully saturated rings. The van der Waals surface area contributed by atoms with E-state index in [4.69, 9.17) is 4.74 Å². The first-order valence-electron chi connectivity index (χ1n) is 8.70. The smallest absolute Gasteiger partial charge is 0.243 e. The Morgan fingerprint density at radius 2 is 1.80 bits per heavy atom. The summed E-state index contributed by atoms with van der Waals surface area (Å²) in [4.78, 5) is 0.295. The summed E-state index contributed by atoms with van der Waals surface area (Å²) in [5.74, 6) is 0. The molecule has 0 unspecified atom stereocenters. The van der Waals surface area contributed by atoms with E-state index in [0.29, 0.717) is 30.8 Å². The Hall–Kier alpha value is -0.990. The largest absolute Gasteiger partial charge is 0.387 e. The van der Waals surface area contributed by atoms with Gasteiger partial charge in [0.05, 0.1) is 22.7 Å². The van der Waals surface area contributed by atoms with Crippen molar-refractivity contribution in [3.63, 3.8) is 0 Å². The van der Waals surface area contributed by atoms with Crippen LogP contribution in [0.25, 0.3) is 0 Å². The highest BCUT2D eigenvalue weighted by atomic mass is 32.2. The third-order valence-corrected chi connectivity index (χ3v) is 7.66. The Balaban J connectivity index is 1.78. The van der Waals surface area contributed by atoms with Gasteiger partial charge in [0.1, 0.15) is 6.10 Å². The quantitative estimate of drug-likeness (QED) is 0.822. The van der Waals surface area contributed by atoms with E-state index in [2.05, 4.69) is 0 Å². The first-order chi connectivity index (χ1) is 11.6. The number of piperidine rings is 1. The van der Waals surface area contributed by atoms with Crippen molar-refractivity contribution in [2.45, 2.75) is 62.2 Å². The zero-order chi connectivity index (χ0) is 18.5. The molecule has 2 aliphatic heterocycles. The van der Waals surface area contributed by atoms with Crippen LogP contribution in [0.1, 0.15) is 37.3 Å². The highest BCUT2D eigenvalue weighted by Gasteiger charge is 2.53. The van der Waals surface area contributed by atoms with Crippen molar-refractivity contribution >= 4 is 10.0 Å². The summed E-state index contributed by atoms with van der Waals surface area (Å²) in [5.41, 5.74) is -0.0706.